The summed E-state index contributed by atoms with van der Waals surface area (Å²) in [4.78, 5) is 4.52. The Bertz CT molecular complexity index is 579. The van der Waals surface area contributed by atoms with Gasteiger partial charge in [0.15, 0.2) is 5.65 Å². The maximum Gasteiger partial charge on any atom is 0.155 e. The number of aryl methyl sites for hydroxylation is 2. The summed E-state index contributed by atoms with van der Waals surface area (Å²) in [5.41, 5.74) is 4.32. The molecule has 0 saturated carbocycles. The van der Waals surface area contributed by atoms with Crippen LogP contribution in [0.3, 0.4) is 0 Å². The highest BCUT2D eigenvalue weighted by Crippen LogP contribution is 2.19. The fourth-order valence-electron chi connectivity index (χ4n) is 2.53. The minimum atomic E-state index is 0.286. The van der Waals surface area contributed by atoms with Crippen LogP contribution in [0.1, 0.15) is 43.3 Å². The predicted molar refractivity (Wildman–Crippen MR) is 86.5 cm³/mol. The number of thioether (sulfide) groups is 1. The molecular weight excluding hydrogens is 268 g/mol. The van der Waals surface area contributed by atoms with E-state index in [1.54, 1.807) is 0 Å². The Morgan fingerprint density at radius 3 is 2.80 bits per heavy atom. The van der Waals surface area contributed by atoms with Crippen molar-refractivity contribution in [2.45, 2.75) is 46.2 Å². The highest BCUT2D eigenvalue weighted by molar-refractivity contribution is 7.98. The molecule has 2 aromatic heterocycles. The van der Waals surface area contributed by atoms with E-state index < -0.39 is 0 Å². The van der Waals surface area contributed by atoms with Gasteiger partial charge in [-0.15, -0.1) is 0 Å². The van der Waals surface area contributed by atoms with Crippen LogP contribution in [0.15, 0.2) is 12.3 Å². The average Bonchev–Trinajstić information content (AvgIpc) is 2.80. The van der Waals surface area contributed by atoms with Crippen molar-refractivity contribution in [1.29, 1.82) is 0 Å². The van der Waals surface area contributed by atoms with Crippen molar-refractivity contribution >= 4 is 17.4 Å². The van der Waals surface area contributed by atoms with Gasteiger partial charge in [-0.1, -0.05) is 6.92 Å². The lowest BCUT2D eigenvalue weighted by Gasteiger charge is -2.23. The van der Waals surface area contributed by atoms with E-state index in [-0.39, 0.29) is 6.04 Å². The topological polar surface area (TPSA) is 42.2 Å². The van der Waals surface area contributed by atoms with E-state index in [9.17, 15) is 0 Å². The monoisotopic (exact) mass is 292 g/mol. The van der Waals surface area contributed by atoms with Crippen molar-refractivity contribution in [1.82, 2.24) is 19.9 Å². The Balaban J connectivity index is 2.25. The fourth-order valence-corrected chi connectivity index (χ4v) is 3.26. The molecule has 5 heteroatoms. The van der Waals surface area contributed by atoms with Crippen LogP contribution in [0, 0.1) is 13.8 Å². The van der Waals surface area contributed by atoms with E-state index >= 15 is 0 Å². The molecule has 0 aromatic carbocycles. The van der Waals surface area contributed by atoms with Crippen LogP contribution < -0.4 is 5.32 Å². The lowest BCUT2D eigenvalue weighted by atomic mass is 10.1. The van der Waals surface area contributed by atoms with Crippen LogP contribution in [0.2, 0.25) is 0 Å². The van der Waals surface area contributed by atoms with Gasteiger partial charge in [0.2, 0.25) is 0 Å². The van der Waals surface area contributed by atoms with Crippen molar-refractivity contribution in [2.24, 2.45) is 0 Å². The normalized spacial score (nSPS) is 14.7. The molecule has 0 radical (unpaired) electrons. The van der Waals surface area contributed by atoms with E-state index in [2.05, 4.69) is 42.4 Å². The molecule has 0 spiro atoms. The first kappa shape index (κ1) is 15.3. The fraction of sp³-hybridized carbons (Fsp3) is 0.600. The molecule has 0 aliphatic carbocycles. The summed E-state index contributed by atoms with van der Waals surface area (Å²) in [6.45, 7) is 8.55. The molecule has 20 heavy (non-hydrogen) atoms. The number of fused-ring (bicyclic) bond motifs is 1. The molecule has 0 bridgehead atoms. The van der Waals surface area contributed by atoms with Crippen LogP contribution in [0.25, 0.3) is 5.65 Å². The summed E-state index contributed by atoms with van der Waals surface area (Å²) in [5, 5.41) is 8.21. The zero-order chi connectivity index (χ0) is 14.7. The van der Waals surface area contributed by atoms with Crippen molar-refractivity contribution in [3.63, 3.8) is 0 Å². The van der Waals surface area contributed by atoms with Crippen molar-refractivity contribution in [3.05, 3.63) is 29.2 Å². The molecule has 2 atom stereocenters. The zero-order valence-corrected chi connectivity index (χ0v) is 13.8. The number of nitrogens with one attached hydrogen (secondary N) is 1. The summed E-state index contributed by atoms with van der Waals surface area (Å²) >= 11 is 1.89. The first-order valence-corrected chi connectivity index (χ1v) is 8.53. The molecule has 2 unspecified atom stereocenters. The Labute approximate surface area is 125 Å². The molecule has 2 aromatic rings. The Morgan fingerprint density at radius 1 is 1.40 bits per heavy atom. The van der Waals surface area contributed by atoms with Gasteiger partial charge in [-0.3, -0.25) is 0 Å². The number of hydrogen-bond donors (Lipinski definition) is 1. The maximum absolute atomic E-state index is 4.52. The molecule has 0 aliphatic rings. The lowest BCUT2D eigenvalue weighted by Crippen LogP contribution is -2.33. The van der Waals surface area contributed by atoms with E-state index in [4.69, 9.17) is 0 Å². The van der Waals surface area contributed by atoms with Gasteiger partial charge in [0.25, 0.3) is 0 Å². The van der Waals surface area contributed by atoms with Gasteiger partial charge in [-0.25, -0.2) is 9.50 Å². The second-order valence-corrected chi connectivity index (χ2v) is 6.21. The average molecular weight is 292 g/mol. The first-order chi connectivity index (χ1) is 9.56. The third-order valence-corrected chi connectivity index (χ3v) is 4.43. The number of aromatic nitrogens is 3. The second kappa shape index (κ2) is 6.59. The molecule has 0 amide bonds. The van der Waals surface area contributed by atoms with E-state index in [1.807, 2.05) is 35.5 Å². The van der Waals surface area contributed by atoms with Crippen LogP contribution >= 0.6 is 11.8 Å². The number of rotatable bonds is 6. The molecule has 2 rings (SSSR count). The molecule has 110 valence electrons. The van der Waals surface area contributed by atoms with E-state index in [0.29, 0.717) is 6.04 Å². The largest absolute Gasteiger partial charge is 0.307 e. The lowest BCUT2D eigenvalue weighted by molar-refractivity contribution is 0.470. The Hall–Kier alpha value is -1.07. The summed E-state index contributed by atoms with van der Waals surface area (Å²) in [6.07, 6.45) is 5.27. The Morgan fingerprint density at radius 2 is 2.15 bits per heavy atom. The van der Waals surface area contributed by atoms with Crippen LogP contribution in [-0.2, 0) is 0 Å². The van der Waals surface area contributed by atoms with E-state index in [1.165, 1.54) is 11.3 Å². The standard InChI is InChI=1S/C15H24N4S/c1-6-13(9-20-5)17-11(3)14-8-16-15-7-10(2)18-19(15)12(14)4/h7-8,11,13,17H,6,9H2,1-5H3. The molecule has 0 fully saturated rings. The van der Waals surface area contributed by atoms with Gasteiger partial charge in [0, 0.05) is 41.4 Å². The van der Waals surface area contributed by atoms with Gasteiger partial charge in [-0.05, 0) is 33.4 Å². The zero-order valence-electron chi connectivity index (χ0n) is 13.0. The summed E-state index contributed by atoms with van der Waals surface area (Å²) in [6, 6.07) is 2.83. The smallest absolute Gasteiger partial charge is 0.155 e. The quantitative estimate of drug-likeness (QED) is 0.888. The SMILES string of the molecule is CCC(CSC)NC(C)c1cnc2cc(C)nn2c1C. The first-order valence-electron chi connectivity index (χ1n) is 7.13. The van der Waals surface area contributed by atoms with Gasteiger partial charge >= 0.3 is 0 Å². The molecule has 4 nitrogen and oxygen atoms in total. The predicted octanol–water partition coefficient (Wildman–Crippen LogP) is 3.14. The third-order valence-electron chi connectivity index (χ3n) is 3.70. The Kier molecular flexibility index (Phi) is 5.05. The van der Waals surface area contributed by atoms with Crippen LogP contribution in [0.4, 0.5) is 0 Å². The van der Waals surface area contributed by atoms with Crippen molar-refractivity contribution in [2.75, 3.05) is 12.0 Å². The number of hydrogen-bond acceptors (Lipinski definition) is 4. The highest BCUT2D eigenvalue weighted by Gasteiger charge is 2.16. The van der Waals surface area contributed by atoms with Crippen molar-refractivity contribution in [3.8, 4) is 0 Å². The molecule has 0 aliphatic heterocycles. The number of nitrogens with zero attached hydrogens (tertiary/aromatic N) is 3. The molecule has 2 heterocycles. The highest BCUT2D eigenvalue weighted by atomic mass is 32.2. The minimum Gasteiger partial charge on any atom is -0.307 e. The second-order valence-electron chi connectivity index (χ2n) is 5.30. The molecule has 0 saturated heterocycles. The van der Waals surface area contributed by atoms with Crippen LogP contribution in [-0.4, -0.2) is 32.6 Å². The minimum absolute atomic E-state index is 0.286. The summed E-state index contributed by atoms with van der Waals surface area (Å²) in [5.74, 6) is 1.14. The third kappa shape index (κ3) is 3.15. The van der Waals surface area contributed by atoms with Gasteiger partial charge in [-0.2, -0.15) is 16.9 Å². The van der Waals surface area contributed by atoms with Gasteiger partial charge in [0.1, 0.15) is 0 Å². The summed E-state index contributed by atoms with van der Waals surface area (Å²) < 4.78 is 1.94. The molecule has 1 N–H and O–H groups in total. The van der Waals surface area contributed by atoms with Gasteiger partial charge < -0.3 is 5.32 Å². The summed E-state index contributed by atoms with van der Waals surface area (Å²) in [7, 11) is 0. The van der Waals surface area contributed by atoms with Crippen LogP contribution in [0.5, 0.6) is 0 Å². The van der Waals surface area contributed by atoms with Gasteiger partial charge in [0.05, 0.1) is 5.69 Å². The van der Waals surface area contributed by atoms with Crippen molar-refractivity contribution < 1.29 is 0 Å². The molecular formula is C15H24N4S. The van der Waals surface area contributed by atoms with E-state index in [0.717, 1.165) is 23.5 Å². The maximum atomic E-state index is 4.52.